The molecular weight excluding hydrogens is 402 g/mol. The summed E-state index contributed by atoms with van der Waals surface area (Å²) < 4.78 is 6.35. The zero-order valence-electron chi connectivity index (χ0n) is 12.3. The van der Waals surface area contributed by atoms with Crippen molar-refractivity contribution in [1.82, 2.24) is 10.3 Å². The Labute approximate surface area is 153 Å². The third-order valence-electron chi connectivity index (χ3n) is 3.29. The molecule has 1 aliphatic heterocycles. The van der Waals surface area contributed by atoms with Gasteiger partial charge in [0.05, 0.1) is 13.2 Å². The van der Waals surface area contributed by atoms with Crippen molar-refractivity contribution in [2.45, 2.75) is 12.5 Å². The van der Waals surface area contributed by atoms with Crippen LogP contribution in [0.1, 0.15) is 10.4 Å². The van der Waals surface area contributed by atoms with Gasteiger partial charge in [-0.25, -0.2) is 4.98 Å². The van der Waals surface area contributed by atoms with Crippen LogP contribution in [0.15, 0.2) is 34.9 Å². The lowest BCUT2D eigenvalue weighted by molar-refractivity contribution is -0.120. The molecule has 1 atom stereocenters. The van der Waals surface area contributed by atoms with Crippen molar-refractivity contribution < 1.29 is 9.53 Å². The number of nitrogens with one attached hydrogen (secondary N) is 2. The van der Waals surface area contributed by atoms with Crippen LogP contribution >= 0.6 is 39.7 Å². The number of rotatable bonds is 4. The van der Waals surface area contributed by atoms with Gasteiger partial charge in [-0.3, -0.25) is 4.79 Å². The van der Waals surface area contributed by atoms with Gasteiger partial charge in [0.15, 0.2) is 5.13 Å². The molecule has 124 valence electrons. The summed E-state index contributed by atoms with van der Waals surface area (Å²) in [5, 5.41) is 6.60. The molecule has 1 amide bonds. The van der Waals surface area contributed by atoms with Gasteiger partial charge in [-0.2, -0.15) is 0 Å². The molecule has 2 heterocycles. The van der Waals surface area contributed by atoms with Crippen molar-refractivity contribution in [3.05, 3.63) is 45.4 Å². The third-order valence-corrected chi connectivity index (χ3v) is 4.70. The minimum atomic E-state index is -0.300. The largest absolute Gasteiger partial charge is 0.378 e. The molecule has 1 saturated heterocycles. The second-order valence-electron chi connectivity index (χ2n) is 5.01. The Morgan fingerprint density at radius 1 is 1.52 bits per heavy atom. The van der Waals surface area contributed by atoms with Gasteiger partial charge in [0.25, 0.3) is 0 Å². The lowest BCUT2D eigenvalue weighted by Gasteiger charge is -2.22. The first-order chi connectivity index (χ1) is 10.7. The van der Waals surface area contributed by atoms with Gasteiger partial charge in [0, 0.05) is 28.5 Å². The number of hydrogen-bond acceptors (Lipinski definition) is 5. The van der Waals surface area contributed by atoms with E-state index in [1.807, 2.05) is 18.3 Å². The first-order valence-electron chi connectivity index (χ1n) is 7.02. The highest BCUT2D eigenvalue weighted by Crippen LogP contribution is 2.22. The number of thiazole rings is 1. The van der Waals surface area contributed by atoms with Crippen molar-refractivity contribution in [3.8, 4) is 0 Å². The zero-order chi connectivity index (χ0) is 15.4. The Kier molecular flexibility index (Phi) is 6.98. The van der Waals surface area contributed by atoms with Crippen molar-refractivity contribution >= 4 is 50.7 Å². The number of ether oxygens (including phenoxy) is 1. The van der Waals surface area contributed by atoms with Crippen molar-refractivity contribution in [3.63, 3.8) is 0 Å². The smallest absolute Gasteiger partial charge is 0.245 e. The molecule has 2 aromatic rings. The molecule has 0 aliphatic carbocycles. The molecule has 1 fully saturated rings. The molecule has 1 aliphatic rings. The van der Waals surface area contributed by atoms with Crippen LogP contribution in [0.5, 0.6) is 0 Å². The summed E-state index contributed by atoms with van der Waals surface area (Å²) in [7, 11) is 0. The summed E-state index contributed by atoms with van der Waals surface area (Å²) in [6.45, 7) is 1.75. The van der Waals surface area contributed by atoms with Crippen LogP contribution in [0.2, 0.25) is 0 Å². The Morgan fingerprint density at radius 2 is 2.39 bits per heavy atom. The number of nitrogens with zero attached hydrogens (tertiary/aromatic N) is 1. The Bertz CT molecular complexity index is 662. The number of amides is 1. The maximum absolute atomic E-state index is 12.1. The molecule has 0 radical (unpaired) electrons. The van der Waals surface area contributed by atoms with Gasteiger partial charge in [-0.05, 0) is 17.7 Å². The van der Waals surface area contributed by atoms with E-state index in [1.165, 1.54) is 16.9 Å². The molecule has 0 bridgehead atoms. The highest BCUT2D eigenvalue weighted by atomic mass is 79.9. The van der Waals surface area contributed by atoms with Gasteiger partial charge < -0.3 is 15.4 Å². The number of morpholine rings is 1. The number of hydrogen-bond donors (Lipinski definition) is 2. The Hall–Kier alpha value is -0.990. The fourth-order valence-corrected chi connectivity index (χ4v) is 3.52. The molecule has 8 heteroatoms. The monoisotopic (exact) mass is 417 g/mol. The fourth-order valence-electron chi connectivity index (χ4n) is 2.22. The van der Waals surface area contributed by atoms with E-state index in [9.17, 15) is 4.79 Å². The zero-order valence-corrected chi connectivity index (χ0v) is 15.5. The van der Waals surface area contributed by atoms with Crippen molar-refractivity contribution in [2.75, 3.05) is 25.1 Å². The van der Waals surface area contributed by atoms with E-state index in [0.717, 1.165) is 15.8 Å². The molecule has 5 nitrogen and oxygen atoms in total. The molecule has 2 N–H and O–H groups in total. The normalized spacial score (nSPS) is 17.3. The maximum Gasteiger partial charge on any atom is 0.245 e. The van der Waals surface area contributed by atoms with E-state index in [0.29, 0.717) is 24.9 Å². The second-order valence-corrected chi connectivity index (χ2v) is 7.04. The Morgan fingerprint density at radius 3 is 3.13 bits per heavy atom. The first kappa shape index (κ1) is 18.4. The minimum Gasteiger partial charge on any atom is -0.378 e. The van der Waals surface area contributed by atoms with E-state index in [-0.39, 0.29) is 24.4 Å². The molecule has 1 unspecified atom stereocenters. The number of halogens is 2. The SMILES string of the molecule is Cl.O=C(Nc1ncc(Cc2cccc(Br)c2)s1)C1COCCN1. The van der Waals surface area contributed by atoms with Crippen LogP contribution in [-0.4, -0.2) is 36.7 Å². The van der Waals surface area contributed by atoms with Crippen molar-refractivity contribution in [2.24, 2.45) is 0 Å². The standard InChI is InChI=1S/C15H16BrN3O2S.ClH/c16-11-3-1-2-10(6-11)7-12-8-18-15(22-12)19-14(20)13-9-21-5-4-17-13;/h1-3,6,8,13,17H,4-5,7,9H2,(H,18,19,20);1H. The topological polar surface area (TPSA) is 63.2 Å². The summed E-state index contributed by atoms with van der Waals surface area (Å²) >= 11 is 4.97. The third kappa shape index (κ3) is 5.26. The van der Waals surface area contributed by atoms with Crippen LogP contribution in [0.4, 0.5) is 5.13 Å². The lowest BCUT2D eigenvalue weighted by atomic mass is 10.1. The number of aromatic nitrogens is 1. The van der Waals surface area contributed by atoms with E-state index >= 15 is 0 Å². The minimum absolute atomic E-state index is 0. The van der Waals surface area contributed by atoms with Crippen LogP contribution in [0.25, 0.3) is 0 Å². The summed E-state index contributed by atoms with van der Waals surface area (Å²) in [4.78, 5) is 17.5. The molecule has 3 rings (SSSR count). The van der Waals surface area contributed by atoms with Gasteiger partial charge in [0.1, 0.15) is 6.04 Å². The van der Waals surface area contributed by atoms with Crippen LogP contribution in [-0.2, 0) is 16.0 Å². The van der Waals surface area contributed by atoms with Crippen molar-refractivity contribution in [1.29, 1.82) is 0 Å². The predicted octanol–water partition coefficient (Wildman–Crippen LogP) is 2.85. The first-order valence-corrected chi connectivity index (χ1v) is 8.63. The molecule has 0 saturated carbocycles. The van der Waals surface area contributed by atoms with Gasteiger partial charge in [-0.1, -0.05) is 28.1 Å². The average molecular weight is 419 g/mol. The summed E-state index contributed by atoms with van der Waals surface area (Å²) in [6.07, 6.45) is 2.61. The molecule has 1 aromatic heterocycles. The van der Waals surface area contributed by atoms with Crippen LogP contribution in [0, 0.1) is 0 Å². The average Bonchev–Trinajstić information content (AvgIpc) is 2.95. The van der Waals surface area contributed by atoms with E-state index in [2.05, 4.69) is 43.7 Å². The highest BCUT2D eigenvalue weighted by molar-refractivity contribution is 9.10. The molecule has 0 spiro atoms. The molecule has 23 heavy (non-hydrogen) atoms. The van der Waals surface area contributed by atoms with Gasteiger partial charge in [-0.15, -0.1) is 23.7 Å². The molecular formula is C15H17BrClN3O2S. The summed E-state index contributed by atoms with van der Waals surface area (Å²) in [5.74, 6) is -0.0944. The van der Waals surface area contributed by atoms with Gasteiger partial charge in [0.2, 0.25) is 5.91 Å². The van der Waals surface area contributed by atoms with E-state index in [4.69, 9.17) is 4.74 Å². The number of carbonyl (C=O) groups excluding carboxylic acids is 1. The van der Waals surface area contributed by atoms with Crippen LogP contribution in [0.3, 0.4) is 0 Å². The summed E-state index contributed by atoms with van der Waals surface area (Å²) in [6, 6.07) is 7.87. The second kappa shape index (κ2) is 8.75. The maximum atomic E-state index is 12.1. The quantitative estimate of drug-likeness (QED) is 0.801. The van der Waals surface area contributed by atoms with Crippen LogP contribution < -0.4 is 10.6 Å². The van der Waals surface area contributed by atoms with E-state index in [1.54, 1.807) is 0 Å². The molecule has 1 aromatic carbocycles. The lowest BCUT2D eigenvalue weighted by Crippen LogP contribution is -2.48. The predicted molar refractivity (Wildman–Crippen MR) is 97.5 cm³/mol. The van der Waals surface area contributed by atoms with E-state index < -0.39 is 0 Å². The number of anilines is 1. The number of benzene rings is 1. The fraction of sp³-hybridized carbons (Fsp3) is 0.333. The van der Waals surface area contributed by atoms with Gasteiger partial charge >= 0.3 is 0 Å². The Balaban J connectivity index is 0.00000192. The number of carbonyl (C=O) groups is 1. The summed E-state index contributed by atoms with van der Waals surface area (Å²) in [5.41, 5.74) is 1.21. The highest BCUT2D eigenvalue weighted by Gasteiger charge is 2.21.